The molecular formula is C23H26N4O4. The van der Waals surface area contributed by atoms with Crippen LogP contribution in [0.25, 0.3) is 11.0 Å². The molecule has 0 unspecified atom stereocenters. The van der Waals surface area contributed by atoms with Crippen molar-refractivity contribution in [1.82, 2.24) is 14.1 Å². The smallest absolute Gasteiger partial charge is 0.333 e. The molecule has 1 fully saturated rings. The van der Waals surface area contributed by atoms with Gasteiger partial charge in [-0.05, 0) is 44.0 Å². The van der Waals surface area contributed by atoms with Crippen LogP contribution in [0.4, 0.5) is 5.69 Å². The van der Waals surface area contributed by atoms with Crippen molar-refractivity contribution in [2.45, 2.75) is 51.6 Å². The van der Waals surface area contributed by atoms with E-state index in [4.69, 9.17) is 4.74 Å². The first-order valence-electron chi connectivity index (χ1n) is 10.7. The van der Waals surface area contributed by atoms with Crippen molar-refractivity contribution in [2.75, 3.05) is 11.9 Å². The van der Waals surface area contributed by atoms with Crippen LogP contribution >= 0.6 is 0 Å². The number of nitrogens with one attached hydrogen (secondary N) is 1. The molecule has 1 aliphatic carbocycles. The van der Waals surface area contributed by atoms with Gasteiger partial charge in [-0.1, -0.05) is 31.4 Å². The largest absolute Gasteiger partial charge is 0.492 e. The van der Waals surface area contributed by atoms with E-state index in [1.807, 2.05) is 13.0 Å². The number of carbonyl (C=O) groups excluding carboxylic acids is 1. The fraction of sp³-hybridized carbons (Fsp3) is 0.391. The van der Waals surface area contributed by atoms with Crippen LogP contribution in [-0.4, -0.2) is 26.6 Å². The summed E-state index contributed by atoms with van der Waals surface area (Å²) in [5.41, 5.74) is -0.0761. The van der Waals surface area contributed by atoms with Gasteiger partial charge in [-0.15, -0.1) is 0 Å². The van der Waals surface area contributed by atoms with Crippen molar-refractivity contribution in [2.24, 2.45) is 0 Å². The summed E-state index contributed by atoms with van der Waals surface area (Å²) in [5.74, 6) is 0.163. The third-order valence-corrected chi connectivity index (χ3v) is 5.63. The molecule has 1 aromatic carbocycles. The number of rotatable bonds is 6. The second-order valence-corrected chi connectivity index (χ2v) is 7.69. The van der Waals surface area contributed by atoms with Crippen molar-refractivity contribution >= 4 is 22.6 Å². The van der Waals surface area contributed by atoms with Crippen LogP contribution in [0, 0.1) is 0 Å². The zero-order valence-electron chi connectivity index (χ0n) is 17.5. The van der Waals surface area contributed by atoms with E-state index in [1.165, 1.54) is 15.3 Å². The number of carbonyl (C=O) groups is 1. The standard InChI is InChI=1S/C23H26N4O4/c1-2-31-19-13-7-6-12-18(19)25-20(28)15-26-21-17(11-8-14-24-21)22(29)27(23(26)30)16-9-4-3-5-10-16/h6-8,11-14,16H,2-5,9-10,15H2,1H3,(H,25,28). The molecule has 3 aromatic rings. The highest BCUT2D eigenvalue weighted by molar-refractivity contribution is 5.92. The van der Waals surface area contributed by atoms with Gasteiger partial charge in [0, 0.05) is 12.2 Å². The lowest BCUT2D eigenvalue weighted by Crippen LogP contribution is -2.44. The predicted octanol–water partition coefficient (Wildman–Crippen LogP) is 3.10. The Kier molecular flexibility index (Phi) is 6.16. The Morgan fingerprint density at radius 3 is 2.68 bits per heavy atom. The maximum atomic E-state index is 13.3. The highest BCUT2D eigenvalue weighted by atomic mass is 16.5. The van der Waals surface area contributed by atoms with Crippen LogP contribution in [-0.2, 0) is 11.3 Å². The lowest BCUT2D eigenvalue weighted by Gasteiger charge is -2.24. The Labute approximate surface area is 179 Å². The van der Waals surface area contributed by atoms with Crippen LogP contribution in [0.15, 0.2) is 52.2 Å². The molecule has 1 N–H and O–H groups in total. The van der Waals surface area contributed by atoms with Crippen LogP contribution in [0.1, 0.15) is 45.1 Å². The molecular weight excluding hydrogens is 396 g/mol. The van der Waals surface area contributed by atoms with E-state index in [0.29, 0.717) is 23.4 Å². The fourth-order valence-corrected chi connectivity index (χ4v) is 4.20. The van der Waals surface area contributed by atoms with Crippen LogP contribution < -0.4 is 21.3 Å². The highest BCUT2D eigenvalue weighted by Crippen LogP contribution is 2.26. The summed E-state index contributed by atoms with van der Waals surface area (Å²) in [5, 5.41) is 3.15. The van der Waals surface area contributed by atoms with E-state index in [9.17, 15) is 14.4 Å². The molecule has 1 aliphatic rings. The SMILES string of the molecule is CCOc1ccccc1NC(=O)Cn1c(=O)n(C2CCCCC2)c(=O)c2cccnc21. The first-order chi connectivity index (χ1) is 15.1. The van der Waals surface area contributed by atoms with Gasteiger partial charge in [-0.25, -0.2) is 9.78 Å². The van der Waals surface area contributed by atoms with Gasteiger partial charge in [0.05, 0.1) is 17.7 Å². The minimum atomic E-state index is -0.489. The van der Waals surface area contributed by atoms with Gasteiger partial charge in [-0.3, -0.25) is 18.7 Å². The number of hydrogen-bond acceptors (Lipinski definition) is 5. The number of ether oxygens (including phenoxy) is 1. The van der Waals surface area contributed by atoms with Gasteiger partial charge in [0.2, 0.25) is 5.91 Å². The van der Waals surface area contributed by atoms with E-state index in [1.54, 1.807) is 30.3 Å². The molecule has 0 aliphatic heterocycles. The maximum absolute atomic E-state index is 13.3. The number of hydrogen-bond donors (Lipinski definition) is 1. The van der Waals surface area contributed by atoms with Crippen molar-refractivity contribution in [3.63, 3.8) is 0 Å². The zero-order valence-corrected chi connectivity index (χ0v) is 17.5. The first kappa shape index (κ1) is 20.8. The van der Waals surface area contributed by atoms with E-state index in [2.05, 4.69) is 10.3 Å². The molecule has 2 aromatic heterocycles. The second-order valence-electron chi connectivity index (χ2n) is 7.69. The van der Waals surface area contributed by atoms with Crippen molar-refractivity contribution in [3.8, 4) is 5.75 Å². The lowest BCUT2D eigenvalue weighted by molar-refractivity contribution is -0.116. The Hall–Kier alpha value is -3.42. The number of para-hydroxylation sites is 2. The molecule has 2 heterocycles. The van der Waals surface area contributed by atoms with Gasteiger partial charge >= 0.3 is 5.69 Å². The quantitative estimate of drug-likeness (QED) is 0.659. The first-order valence-corrected chi connectivity index (χ1v) is 10.7. The minimum absolute atomic E-state index is 0.147. The van der Waals surface area contributed by atoms with E-state index < -0.39 is 11.6 Å². The highest BCUT2D eigenvalue weighted by Gasteiger charge is 2.23. The average Bonchev–Trinajstić information content (AvgIpc) is 2.79. The molecule has 4 rings (SSSR count). The Morgan fingerprint density at radius 2 is 1.90 bits per heavy atom. The molecule has 0 atom stereocenters. The predicted molar refractivity (Wildman–Crippen MR) is 119 cm³/mol. The van der Waals surface area contributed by atoms with Crippen molar-refractivity contribution in [3.05, 3.63) is 63.4 Å². The summed E-state index contributed by atoms with van der Waals surface area (Å²) < 4.78 is 8.17. The van der Waals surface area contributed by atoms with Crippen molar-refractivity contribution in [1.29, 1.82) is 0 Å². The lowest BCUT2D eigenvalue weighted by atomic mass is 9.95. The summed E-state index contributed by atoms with van der Waals surface area (Å²) in [6.07, 6.45) is 6.16. The van der Waals surface area contributed by atoms with Crippen LogP contribution in [0.3, 0.4) is 0 Å². The number of nitrogens with zero attached hydrogens (tertiary/aromatic N) is 3. The summed E-state index contributed by atoms with van der Waals surface area (Å²) in [4.78, 5) is 43.5. The van der Waals surface area contributed by atoms with Gasteiger partial charge in [-0.2, -0.15) is 0 Å². The Morgan fingerprint density at radius 1 is 1.13 bits per heavy atom. The normalized spacial score (nSPS) is 14.5. The number of fused-ring (bicyclic) bond motifs is 1. The van der Waals surface area contributed by atoms with Crippen LogP contribution in [0.5, 0.6) is 5.75 Å². The third-order valence-electron chi connectivity index (χ3n) is 5.63. The second kappa shape index (κ2) is 9.16. The fourth-order valence-electron chi connectivity index (χ4n) is 4.20. The van der Waals surface area contributed by atoms with E-state index in [0.717, 1.165) is 32.1 Å². The number of benzene rings is 1. The molecule has 1 saturated carbocycles. The van der Waals surface area contributed by atoms with Gasteiger partial charge in [0.1, 0.15) is 17.9 Å². The number of amides is 1. The third kappa shape index (κ3) is 4.23. The molecule has 8 nitrogen and oxygen atoms in total. The molecule has 162 valence electrons. The summed E-state index contributed by atoms with van der Waals surface area (Å²) in [6.45, 7) is 2.08. The molecule has 0 radical (unpaired) electrons. The van der Waals surface area contributed by atoms with E-state index in [-0.39, 0.29) is 23.8 Å². The summed E-state index contributed by atoms with van der Waals surface area (Å²) >= 11 is 0. The Bertz CT molecular complexity index is 1210. The van der Waals surface area contributed by atoms with Gasteiger partial charge in [0.15, 0.2) is 0 Å². The molecule has 1 amide bonds. The minimum Gasteiger partial charge on any atom is -0.492 e. The average molecular weight is 422 g/mol. The summed E-state index contributed by atoms with van der Waals surface area (Å²) in [6, 6.07) is 10.3. The number of aromatic nitrogens is 3. The number of pyridine rings is 1. The molecule has 0 spiro atoms. The van der Waals surface area contributed by atoms with Gasteiger partial charge in [0.25, 0.3) is 5.56 Å². The van der Waals surface area contributed by atoms with Crippen LogP contribution in [0.2, 0.25) is 0 Å². The van der Waals surface area contributed by atoms with Crippen molar-refractivity contribution < 1.29 is 9.53 Å². The van der Waals surface area contributed by atoms with Gasteiger partial charge < -0.3 is 10.1 Å². The maximum Gasteiger partial charge on any atom is 0.333 e. The summed E-state index contributed by atoms with van der Waals surface area (Å²) in [7, 11) is 0. The Balaban J connectivity index is 1.73. The van der Waals surface area contributed by atoms with E-state index >= 15 is 0 Å². The molecule has 0 bridgehead atoms. The molecule has 31 heavy (non-hydrogen) atoms. The molecule has 0 saturated heterocycles. The topological polar surface area (TPSA) is 95.2 Å². The monoisotopic (exact) mass is 422 g/mol. The zero-order chi connectivity index (χ0) is 21.8. The molecule has 8 heteroatoms. The number of anilines is 1.